The topological polar surface area (TPSA) is 226 Å². The summed E-state index contributed by atoms with van der Waals surface area (Å²) < 4.78 is 22.7. The Morgan fingerprint density at radius 3 is 1.58 bits per heavy atom. The summed E-state index contributed by atoms with van der Waals surface area (Å²) in [6.07, 6.45) is 13.4. The summed E-state index contributed by atoms with van der Waals surface area (Å²) in [5, 5.41) is 73.9. The average molecular weight is 768 g/mol. The van der Waals surface area contributed by atoms with Crippen molar-refractivity contribution in [1.82, 2.24) is 5.32 Å². The standard InChI is InChI=1S/C38H74NO12P/c1-3-5-7-9-11-13-14-15-16-17-18-19-21-23-25-29(40)27-32(42)39-30(31(41)26-24-22-20-12-10-8-6-4-2)28-50-52(48,49)51-38-36(46)34(44)33(43)35(45)37(38)47/h24,26,29-31,33-38,40-41,43-47H,3-23,25,27-28H2,1-2H3,(H,39,42)(H,48,49)/b26-24+. The molecular formula is C38H74NO12P. The molecule has 8 unspecified atom stereocenters. The van der Waals surface area contributed by atoms with Crippen LogP contribution in [0.5, 0.6) is 0 Å². The van der Waals surface area contributed by atoms with Crippen molar-refractivity contribution in [1.29, 1.82) is 0 Å². The second kappa shape index (κ2) is 29.3. The maximum Gasteiger partial charge on any atom is 0.472 e. The Balaban J connectivity index is 2.57. The molecule has 1 fully saturated rings. The molecule has 9 N–H and O–H groups in total. The van der Waals surface area contributed by atoms with Crippen LogP contribution in [0.2, 0.25) is 0 Å². The van der Waals surface area contributed by atoms with E-state index in [0.29, 0.717) is 12.8 Å². The zero-order valence-corrected chi connectivity index (χ0v) is 32.9. The van der Waals surface area contributed by atoms with Gasteiger partial charge >= 0.3 is 7.82 Å². The number of rotatable bonds is 32. The summed E-state index contributed by atoms with van der Waals surface area (Å²) >= 11 is 0. The van der Waals surface area contributed by atoms with Crippen molar-refractivity contribution < 1.29 is 59.0 Å². The molecule has 8 atom stereocenters. The second-order valence-corrected chi connectivity index (χ2v) is 16.1. The Morgan fingerprint density at radius 2 is 1.10 bits per heavy atom. The predicted molar refractivity (Wildman–Crippen MR) is 201 cm³/mol. The summed E-state index contributed by atoms with van der Waals surface area (Å²) in [5.74, 6) is -0.595. The molecule has 0 heterocycles. The Kier molecular flexibility index (Phi) is 27.7. The second-order valence-electron chi connectivity index (χ2n) is 14.7. The van der Waals surface area contributed by atoms with Gasteiger partial charge in [0.05, 0.1) is 31.3 Å². The number of hydrogen-bond acceptors (Lipinski definition) is 11. The highest BCUT2D eigenvalue weighted by molar-refractivity contribution is 7.47. The van der Waals surface area contributed by atoms with Gasteiger partial charge in [-0.3, -0.25) is 13.8 Å². The summed E-state index contributed by atoms with van der Waals surface area (Å²) in [7, 11) is -5.12. The van der Waals surface area contributed by atoms with E-state index in [4.69, 9.17) is 9.05 Å². The Hall–Kier alpha value is -0.960. The third-order valence-corrected chi connectivity index (χ3v) is 10.9. The minimum atomic E-state index is -5.12. The van der Waals surface area contributed by atoms with Gasteiger partial charge in [-0.05, 0) is 19.3 Å². The first-order chi connectivity index (χ1) is 24.8. The lowest BCUT2D eigenvalue weighted by Crippen LogP contribution is -2.64. The van der Waals surface area contributed by atoms with Gasteiger partial charge in [-0.15, -0.1) is 0 Å². The zero-order valence-electron chi connectivity index (χ0n) is 32.0. The molecule has 0 bridgehead atoms. The van der Waals surface area contributed by atoms with Gasteiger partial charge in [0.1, 0.15) is 36.6 Å². The summed E-state index contributed by atoms with van der Waals surface area (Å²) in [4.78, 5) is 23.2. The van der Waals surface area contributed by atoms with Crippen molar-refractivity contribution in [3.05, 3.63) is 12.2 Å². The quantitative estimate of drug-likeness (QED) is 0.0248. The maximum absolute atomic E-state index is 12.9. The van der Waals surface area contributed by atoms with Crippen LogP contribution in [0.3, 0.4) is 0 Å². The molecule has 13 nitrogen and oxygen atoms in total. The number of amides is 1. The monoisotopic (exact) mass is 767 g/mol. The molecule has 1 rings (SSSR count). The Bertz CT molecular complexity index is 958. The van der Waals surface area contributed by atoms with E-state index in [1.807, 2.05) is 0 Å². The van der Waals surface area contributed by atoms with Crippen LogP contribution >= 0.6 is 7.82 Å². The average Bonchev–Trinajstić information content (AvgIpc) is 3.11. The van der Waals surface area contributed by atoms with Gasteiger partial charge in [-0.25, -0.2) is 4.57 Å². The lowest BCUT2D eigenvalue weighted by molar-refractivity contribution is -0.220. The van der Waals surface area contributed by atoms with Crippen LogP contribution in [-0.4, -0.2) is 108 Å². The highest BCUT2D eigenvalue weighted by atomic mass is 31.2. The molecule has 0 aromatic carbocycles. The third kappa shape index (κ3) is 21.8. The van der Waals surface area contributed by atoms with Crippen molar-refractivity contribution in [2.24, 2.45) is 0 Å². The summed E-state index contributed by atoms with van der Waals surface area (Å²) in [5.41, 5.74) is 0. The van der Waals surface area contributed by atoms with Gasteiger partial charge in [0.2, 0.25) is 5.91 Å². The van der Waals surface area contributed by atoms with Crippen LogP contribution in [-0.2, 0) is 18.4 Å². The molecule has 1 amide bonds. The van der Waals surface area contributed by atoms with Crippen molar-refractivity contribution in [2.75, 3.05) is 6.61 Å². The normalized spacial score (nSPS) is 25.2. The van der Waals surface area contributed by atoms with E-state index < -0.39 is 75.2 Å². The molecule has 0 aromatic heterocycles. The Morgan fingerprint density at radius 1 is 0.673 bits per heavy atom. The first kappa shape index (κ1) is 49.1. The number of nitrogens with one attached hydrogen (secondary N) is 1. The van der Waals surface area contributed by atoms with E-state index in [1.54, 1.807) is 6.08 Å². The van der Waals surface area contributed by atoms with Gasteiger partial charge < -0.3 is 46.0 Å². The first-order valence-electron chi connectivity index (χ1n) is 20.2. The van der Waals surface area contributed by atoms with Crippen LogP contribution in [0.25, 0.3) is 0 Å². The van der Waals surface area contributed by atoms with E-state index in [2.05, 4.69) is 19.2 Å². The van der Waals surface area contributed by atoms with Crippen LogP contribution in [0.1, 0.15) is 162 Å². The van der Waals surface area contributed by atoms with Crippen molar-refractivity contribution in [3.63, 3.8) is 0 Å². The van der Waals surface area contributed by atoms with E-state index in [-0.39, 0.29) is 6.42 Å². The largest absolute Gasteiger partial charge is 0.472 e. The van der Waals surface area contributed by atoms with Crippen molar-refractivity contribution in [2.45, 2.75) is 216 Å². The minimum Gasteiger partial charge on any atom is -0.393 e. The van der Waals surface area contributed by atoms with Gasteiger partial charge in [0.25, 0.3) is 0 Å². The van der Waals surface area contributed by atoms with E-state index in [0.717, 1.165) is 57.8 Å². The van der Waals surface area contributed by atoms with Gasteiger partial charge in [0.15, 0.2) is 0 Å². The molecule has 1 saturated carbocycles. The van der Waals surface area contributed by atoms with Crippen molar-refractivity contribution in [3.8, 4) is 0 Å². The van der Waals surface area contributed by atoms with E-state index in [9.17, 15) is 50.0 Å². The zero-order chi connectivity index (χ0) is 38.8. The first-order valence-corrected chi connectivity index (χ1v) is 21.7. The number of aliphatic hydroxyl groups excluding tert-OH is 7. The molecule has 0 aromatic rings. The third-order valence-electron chi connectivity index (χ3n) is 9.87. The number of unbranched alkanes of at least 4 members (excludes halogenated alkanes) is 19. The molecule has 0 aliphatic heterocycles. The molecule has 1 aliphatic rings. The van der Waals surface area contributed by atoms with Gasteiger partial charge in [0, 0.05) is 0 Å². The number of carbonyl (C=O) groups excluding carboxylic acids is 1. The molecular weight excluding hydrogens is 693 g/mol. The fraction of sp³-hybridized carbons (Fsp3) is 0.921. The fourth-order valence-electron chi connectivity index (χ4n) is 6.47. The number of carbonyl (C=O) groups is 1. The SMILES string of the molecule is CCCCCCCC/C=C/C(O)C(COP(=O)(O)OC1C(O)C(O)C(O)C(O)C1O)NC(=O)CC(O)CCCCCCCCCCCCCCCC. The number of hydrogen-bond donors (Lipinski definition) is 9. The fourth-order valence-corrected chi connectivity index (χ4v) is 7.44. The number of aliphatic hydroxyl groups is 7. The summed E-state index contributed by atoms with van der Waals surface area (Å²) in [6, 6.07) is -1.23. The predicted octanol–water partition coefficient (Wildman–Crippen LogP) is 5.08. The molecule has 308 valence electrons. The number of phosphoric ester groups is 1. The smallest absolute Gasteiger partial charge is 0.393 e. The van der Waals surface area contributed by atoms with Gasteiger partial charge in [-0.1, -0.05) is 148 Å². The highest BCUT2D eigenvalue weighted by Crippen LogP contribution is 2.47. The number of phosphoric acid groups is 1. The van der Waals surface area contributed by atoms with Crippen LogP contribution in [0.15, 0.2) is 12.2 Å². The summed E-state index contributed by atoms with van der Waals surface area (Å²) in [6.45, 7) is 3.65. The van der Waals surface area contributed by atoms with Gasteiger partial charge in [-0.2, -0.15) is 0 Å². The maximum atomic E-state index is 12.9. The molecule has 0 spiro atoms. The minimum absolute atomic E-state index is 0.241. The van der Waals surface area contributed by atoms with E-state index >= 15 is 0 Å². The number of allylic oxidation sites excluding steroid dienone is 1. The molecule has 14 heteroatoms. The Labute approximate surface area is 312 Å². The van der Waals surface area contributed by atoms with Crippen molar-refractivity contribution >= 4 is 13.7 Å². The molecule has 0 saturated heterocycles. The highest BCUT2D eigenvalue weighted by Gasteiger charge is 2.51. The molecule has 1 aliphatic carbocycles. The lowest BCUT2D eigenvalue weighted by atomic mass is 9.85. The van der Waals surface area contributed by atoms with E-state index in [1.165, 1.54) is 76.7 Å². The van der Waals surface area contributed by atoms with Crippen LogP contribution in [0.4, 0.5) is 0 Å². The lowest BCUT2D eigenvalue weighted by Gasteiger charge is -2.41. The van der Waals surface area contributed by atoms with Crippen LogP contribution < -0.4 is 5.32 Å². The molecule has 0 radical (unpaired) electrons. The van der Waals surface area contributed by atoms with Crippen LogP contribution in [0, 0.1) is 0 Å². The molecule has 52 heavy (non-hydrogen) atoms.